The predicted octanol–water partition coefficient (Wildman–Crippen LogP) is 3.40. The first kappa shape index (κ1) is 15.1. The molecule has 1 aliphatic heterocycles. The van der Waals surface area contributed by atoms with Crippen LogP contribution in [-0.2, 0) is 6.54 Å². The lowest BCUT2D eigenvalue weighted by molar-refractivity contribution is 0.0682. The van der Waals surface area contributed by atoms with Crippen LogP contribution in [0.25, 0.3) is 0 Å². The fourth-order valence-electron chi connectivity index (χ4n) is 2.97. The summed E-state index contributed by atoms with van der Waals surface area (Å²) in [5, 5.41) is 0.658. The Morgan fingerprint density at radius 1 is 1.27 bits per heavy atom. The van der Waals surface area contributed by atoms with Crippen LogP contribution in [0.15, 0.2) is 36.7 Å². The Hall–Kier alpha value is -1.81. The third-order valence-corrected chi connectivity index (χ3v) is 4.62. The van der Waals surface area contributed by atoms with E-state index in [0.717, 1.165) is 38.3 Å². The number of carbonyl (C=O) groups excluding carboxylic acids is 1. The highest BCUT2D eigenvalue weighted by molar-refractivity contribution is 6.30. The molecule has 1 amide bonds. The van der Waals surface area contributed by atoms with Crippen molar-refractivity contribution in [1.82, 2.24) is 14.5 Å². The summed E-state index contributed by atoms with van der Waals surface area (Å²) in [6.45, 7) is 4.66. The number of hydrogen-bond acceptors (Lipinski definition) is 2. The summed E-state index contributed by atoms with van der Waals surface area (Å²) in [5.74, 6) is 1.77. The highest BCUT2D eigenvalue weighted by atomic mass is 35.5. The number of amides is 1. The number of likely N-dealkylation sites (tertiary alicyclic amines) is 1. The van der Waals surface area contributed by atoms with Gasteiger partial charge in [-0.2, -0.15) is 0 Å². The standard InChI is InChI=1S/C17H20ClN3O/c1-13-19-8-11-21(13)12-14-6-9-20(10-7-14)17(22)15-2-4-16(18)5-3-15/h2-5,8,11,14H,6-7,9-10,12H2,1H3. The number of carbonyl (C=O) groups is 1. The molecule has 4 nitrogen and oxygen atoms in total. The molecule has 0 N–H and O–H groups in total. The molecule has 0 atom stereocenters. The van der Waals surface area contributed by atoms with Gasteiger partial charge in [0, 0.05) is 42.6 Å². The van der Waals surface area contributed by atoms with Gasteiger partial charge in [0.15, 0.2) is 0 Å². The molecule has 0 spiro atoms. The van der Waals surface area contributed by atoms with E-state index in [2.05, 4.69) is 9.55 Å². The van der Waals surface area contributed by atoms with Crippen LogP contribution >= 0.6 is 11.6 Å². The van der Waals surface area contributed by atoms with E-state index in [-0.39, 0.29) is 5.91 Å². The maximum atomic E-state index is 12.5. The molecule has 3 rings (SSSR count). The van der Waals surface area contributed by atoms with Crippen LogP contribution in [0.3, 0.4) is 0 Å². The first-order valence-electron chi connectivity index (χ1n) is 7.66. The summed E-state index contributed by atoms with van der Waals surface area (Å²) < 4.78 is 2.20. The van der Waals surface area contributed by atoms with Crippen molar-refractivity contribution in [3.8, 4) is 0 Å². The third-order valence-electron chi connectivity index (χ3n) is 4.37. The molecule has 1 fully saturated rings. The SMILES string of the molecule is Cc1nccn1CC1CCN(C(=O)c2ccc(Cl)cc2)CC1. The van der Waals surface area contributed by atoms with Crippen molar-refractivity contribution in [3.05, 3.63) is 53.1 Å². The molecule has 2 aromatic rings. The van der Waals surface area contributed by atoms with Crippen LogP contribution in [-0.4, -0.2) is 33.4 Å². The number of aryl methyl sites for hydroxylation is 1. The van der Waals surface area contributed by atoms with Gasteiger partial charge in [0.05, 0.1) is 0 Å². The minimum Gasteiger partial charge on any atom is -0.339 e. The second kappa shape index (κ2) is 6.53. The smallest absolute Gasteiger partial charge is 0.253 e. The molecule has 0 aliphatic carbocycles. The zero-order valence-corrected chi connectivity index (χ0v) is 13.5. The largest absolute Gasteiger partial charge is 0.339 e. The molecule has 116 valence electrons. The molecule has 0 saturated carbocycles. The van der Waals surface area contributed by atoms with E-state index < -0.39 is 0 Å². The van der Waals surface area contributed by atoms with Gasteiger partial charge in [0.25, 0.3) is 5.91 Å². The molecule has 5 heteroatoms. The van der Waals surface area contributed by atoms with Crippen LogP contribution in [0.2, 0.25) is 5.02 Å². The van der Waals surface area contributed by atoms with E-state index in [1.807, 2.05) is 24.2 Å². The van der Waals surface area contributed by atoms with Crippen LogP contribution < -0.4 is 0 Å². The van der Waals surface area contributed by atoms with E-state index in [1.165, 1.54) is 0 Å². The Morgan fingerprint density at radius 3 is 2.55 bits per heavy atom. The maximum Gasteiger partial charge on any atom is 0.253 e. The predicted molar refractivity (Wildman–Crippen MR) is 87.0 cm³/mol. The number of rotatable bonds is 3. The molecular formula is C17H20ClN3O. The number of benzene rings is 1. The van der Waals surface area contributed by atoms with Crippen molar-refractivity contribution in [1.29, 1.82) is 0 Å². The first-order chi connectivity index (χ1) is 10.6. The van der Waals surface area contributed by atoms with Gasteiger partial charge in [-0.05, 0) is 49.9 Å². The van der Waals surface area contributed by atoms with E-state index in [0.29, 0.717) is 16.5 Å². The summed E-state index contributed by atoms with van der Waals surface area (Å²) in [4.78, 5) is 18.7. The van der Waals surface area contributed by atoms with Gasteiger partial charge in [0.2, 0.25) is 0 Å². The Labute approximate surface area is 135 Å². The number of aromatic nitrogens is 2. The Morgan fingerprint density at radius 2 is 1.95 bits per heavy atom. The summed E-state index contributed by atoms with van der Waals surface area (Å²) in [6.07, 6.45) is 5.95. The minimum absolute atomic E-state index is 0.105. The monoisotopic (exact) mass is 317 g/mol. The van der Waals surface area contributed by atoms with Gasteiger partial charge < -0.3 is 9.47 Å². The molecule has 0 bridgehead atoms. The molecule has 22 heavy (non-hydrogen) atoms. The van der Waals surface area contributed by atoms with Crippen LogP contribution in [0.4, 0.5) is 0 Å². The van der Waals surface area contributed by atoms with Gasteiger partial charge in [0.1, 0.15) is 5.82 Å². The Bertz CT molecular complexity index is 642. The van der Waals surface area contributed by atoms with E-state index in [9.17, 15) is 4.79 Å². The second-order valence-corrected chi connectivity index (χ2v) is 6.31. The topological polar surface area (TPSA) is 38.1 Å². The molecule has 1 aromatic heterocycles. The van der Waals surface area contributed by atoms with Gasteiger partial charge in [-0.15, -0.1) is 0 Å². The van der Waals surface area contributed by atoms with Crippen molar-refractivity contribution in [2.45, 2.75) is 26.3 Å². The van der Waals surface area contributed by atoms with Crippen molar-refractivity contribution in [2.75, 3.05) is 13.1 Å². The Balaban J connectivity index is 1.56. The Kier molecular flexibility index (Phi) is 4.48. The van der Waals surface area contributed by atoms with Crippen molar-refractivity contribution >= 4 is 17.5 Å². The molecule has 1 aromatic carbocycles. The highest BCUT2D eigenvalue weighted by Crippen LogP contribution is 2.21. The van der Waals surface area contributed by atoms with Crippen molar-refractivity contribution in [3.63, 3.8) is 0 Å². The molecule has 1 saturated heterocycles. The average Bonchev–Trinajstić information content (AvgIpc) is 2.93. The summed E-state index contributed by atoms with van der Waals surface area (Å²) >= 11 is 5.87. The normalized spacial score (nSPS) is 16.0. The van der Waals surface area contributed by atoms with Gasteiger partial charge in [-0.1, -0.05) is 11.6 Å². The second-order valence-electron chi connectivity index (χ2n) is 5.87. The molecule has 2 heterocycles. The number of imidazole rings is 1. The fraction of sp³-hybridized carbons (Fsp3) is 0.412. The van der Waals surface area contributed by atoms with Crippen LogP contribution in [0, 0.1) is 12.8 Å². The lowest BCUT2D eigenvalue weighted by Gasteiger charge is -2.32. The first-order valence-corrected chi connectivity index (χ1v) is 8.04. The van der Waals surface area contributed by atoms with Gasteiger partial charge >= 0.3 is 0 Å². The third kappa shape index (κ3) is 3.33. The quantitative estimate of drug-likeness (QED) is 0.870. The number of halogens is 1. The lowest BCUT2D eigenvalue weighted by atomic mass is 9.96. The van der Waals surface area contributed by atoms with Gasteiger partial charge in [-0.25, -0.2) is 4.98 Å². The van der Waals surface area contributed by atoms with Crippen molar-refractivity contribution in [2.24, 2.45) is 5.92 Å². The number of hydrogen-bond donors (Lipinski definition) is 0. The zero-order valence-electron chi connectivity index (χ0n) is 12.7. The summed E-state index contributed by atoms with van der Waals surface area (Å²) in [5.41, 5.74) is 0.716. The molecule has 0 unspecified atom stereocenters. The fourth-order valence-corrected chi connectivity index (χ4v) is 3.09. The number of nitrogens with zero attached hydrogens (tertiary/aromatic N) is 3. The highest BCUT2D eigenvalue weighted by Gasteiger charge is 2.24. The zero-order chi connectivity index (χ0) is 15.5. The summed E-state index contributed by atoms with van der Waals surface area (Å²) in [7, 11) is 0. The van der Waals surface area contributed by atoms with Crippen molar-refractivity contribution < 1.29 is 4.79 Å². The van der Waals surface area contributed by atoms with E-state index in [4.69, 9.17) is 11.6 Å². The molecule has 1 aliphatic rings. The summed E-state index contributed by atoms with van der Waals surface area (Å²) in [6, 6.07) is 7.13. The minimum atomic E-state index is 0.105. The van der Waals surface area contributed by atoms with Crippen LogP contribution in [0.1, 0.15) is 29.0 Å². The molecule has 0 radical (unpaired) electrons. The van der Waals surface area contributed by atoms with Gasteiger partial charge in [-0.3, -0.25) is 4.79 Å². The molecular weight excluding hydrogens is 298 g/mol. The van der Waals surface area contributed by atoms with E-state index >= 15 is 0 Å². The van der Waals surface area contributed by atoms with Crippen LogP contribution in [0.5, 0.6) is 0 Å². The average molecular weight is 318 g/mol. The maximum absolute atomic E-state index is 12.5. The number of piperidine rings is 1. The van der Waals surface area contributed by atoms with E-state index in [1.54, 1.807) is 24.3 Å². The lowest BCUT2D eigenvalue weighted by Crippen LogP contribution is -2.39.